The van der Waals surface area contributed by atoms with Crippen molar-refractivity contribution in [3.8, 4) is 0 Å². The van der Waals surface area contributed by atoms with Crippen LogP contribution in [0.3, 0.4) is 0 Å². The zero-order chi connectivity index (χ0) is 31.5. The van der Waals surface area contributed by atoms with Crippen molar-refractivity contribution in [1.29, 1.82) is 0 Å². The van der Waals surface area contributed by atoms with Gasteiger partial charge in [-0.3, -0.25) is 0 Å². The summed E-state index contributed by atoms with van der Waals surface area (Å²) in [5, 5.41) is 123. The number of aliphatic hydroxyl groups excluding tert-OH is 9. The fraction of sp³-hybridized carbons (Fsp3) is 0.647. The van der Waals surface area contributed by atoms with E-state index in [9.17, 15) is 28.8 Å². The summed E-state index contributed by atoms with van der Waals surface area (Å²) in [4.78, 5) is 58.6. The molecule has 0 aromatic heterocycles. The molecule has 224 valence electrons. The van der Waals surface area contributed by atoms with Crippen molar-refractivity contribution in [2.45, 2.75) is 43.5 Å². The topological polar surface area (TPSA) is 406 Å². The van der Waals surface area contributed by atoms with E-state index in [0.29, 0.717) is 0 Å². The van der Waals surface area contributed by atoms with Crippen LogP contribution in [0.2, 0.25) is 0 Å². The molecule has 0 aliphatic carbocycles. The number of aliphatic carboxylic acids is 6. The normalized spacial score (nSPS) is 15.0. The lowest BCUT2D eigenvalue weighted by Crippen LogP contribution is -2.39. The molecule has 0 spiro atoms. The van der Waals surface area contributed by atoms with E-state index >= 15 is 0 Å². The van der Waals surface area contributed by atoms with E-state index in [1.807, 2.05) is 0 Å². The molecule has 38 heavy (non-hydrogen) atoms. The third kappa shape index (κ3) is 18.7. The Kier molecular flexibility index (Phi) is 22.4. The van der Waals surface area contributed by atoms with E-state index in [0.717, 1.165) is 0 Å². The molecule has 0 aromatic carbocycles. The highest BCUT2D eigenvalue weighted by Gasteiger charge is 2.30. The number of hydrogen-bond donors (Lipinski definition) is 15. The fourth-order valence-electron chi connectivity index (χ4n) is 0.960. The Labute approximate surface area is 210 Å². The molecule has 21 nitrogen and oxygen atoms in total. The standard InChI is InChI=1S/C5H12O3.3C4H6O6/c1-5(2-6,3-7)4-8;3*5-1(3(7)8)2(6)4(9)10/h6-8H,2-4H2,1H3;3*1-2,5-6H,(H,7,8)(H,9,10). The summed E-state index contributed by atoms with van der Waals surface area (Å²) < 4.78 is 0. The molecular formula is C17H30O21. The summed E-state index contributed by atoms with van der Waals surface area (Å²) >= 11 is 0. The van der Waals surface area contributed by atoms with Gasteiger partial charge in [-0.2, -0.15) is 0 Å². The molecule has 0 heterocycles. The lowest BCUT2D eigenvalue weighted by Gasteiger charge is -2.20. The van der Waals surface area contributed by atoms with Crippen molar-refractivity contribution in [1.82, 2.24) is 0 Å². The predicted octanol–water partition coefficient (Wildman–Crippen LogP) is -7.40. The van der Waals surface area contributed by atoms with Crippen molar-refractivity contribution in [2.24, 2.45) is 5.41 Å². The average Bonchev–Trinajstić information content (AvgIpc) is 2.85. The van der Waals surface area contributed by atoms with Crippen LogP contribution in [0.1, 0.15) is 6.92 Å². The molecule has 15 N–H and O–H groups in total. The Morgan fingerprint density at radius 1 is 0.421 bits per heavy atom. The Balaban J connectivity index is -0.000000204. The Morgan fingerprint density at radius 3 is 0.553 bits per heavy atom. The van der Waals surface area contributed by atoms with Gasteiger partial charge in [0.05, 0.1) is 19.8 Å². The van der Waals surface area contributed by atoms with Crippen molar-refractivity contribution in [2.75, 3.05) is 19.8 Å². The van der Waals surface area contributed by atoms with Crippen LogP contribution in [0, 0.1) is 5.41 Å². The maximum absolute atomic E-state index is 9.77. The number of rotatable bonds is 12. The van der Waals surface area contributed by atoms with Gasteiger partial charge in [0.25, 0.3) is 0 Å². The predicted molar refractivity (Wildman–Crippen MR) is 111 cm³/mol. The number of carbonyl (C=O) groups is 6. The van der Waals surface area contributed by atoms with Crippen molar-refractivity contribution in [3.05, 3.63) is 0 Å². The van der Waals surface area contributed by atoms with Crippen LogP contribution < -0.4 is 0 Å². The zero-order valence-electron chi connectivity index (χ0n) is 19.2. The number of aliphatic hydroxyl groups is 9. The molecule has 6 unspecified atom stereocenters. The van der Waals surface area contributed by atoms with Gasteiger partial charge in [-0.25, -0.2) is 28.8 Å². The molecule has 0 fully saturated rings. The van der Waals surface area contributed by atoms with Gasteiger partial charge in [-0.05, 0) is 0 Å². The molecule has 0 aliphatic rings. The van der Waals surface area contributed by atoms with Crippen molar-refractivity contribution >= 4 is 35.8 Å². The summed E-state index contributed by atoms with van der Waals surface area (Å²) in [6, 6.07) is 0. The Hall–Kier alpha value is -3.54. The number of hydrogen-bond acceptors (Lipinski definition) is 15. The SMILES string of the molecule is CC(CO)(CO)CO.O=C(O)C(O)C(O)C(=O)O.O=C(O)C(O)C(O)C(=O)O.O=C(O)C(O)C(O)C(=O)O. The minimum atomic E-state index is -2.27. The molecule has 0 aliphatic heterocycles. The van der Waals surface area contributed by atoms with E-state index < -0.39 is 77.9 Å². The average molecular weight is 570 g/mol. The molecule has 0 aromatic rings. The van der Waals surface area contributed by atoms with E-state index in [-0.39, 0.29) is 19.8 Å². The van der Waals surface area contributed by atoms with Gasteiger partial charge in [-0.15, -0.1) is 0 Å². The highest BCUT2D eigenvalue weighted by atomic mass is 16.5. The lowest BCUT2D eigenvalue weighted by molar-refractivity contribution is -0.165. The highest BCUT2D eigenvalue weighted by molar-refractivity contribution is 5.84. The van der Waals surface area contributed by atoms with Gasteiger partial charge < -0.3 is 76.6 Å². The van der Waals surface area contributed by atoms with Crippen LogP contribution >= 0.6 is 0 Å². The summed E-state index contributed by atoms with van der Waals surface area (Å²) in [5.41, 5.74) is -0.708. The second kappa shape index (κ2) is 20.5. The molecular weight excluding hydrogens is 540 g/mol. The quantitative estimate of drug-likeness (QED) is 0.103. The van der Waals surface area contributed by atoms with Crippen LogP contribution in [-0.2, 0) is 28.8 Å². The first kappa shape index (κ1) is 41.6. The minimum Gasteiger partial charge on any atom is -0.479 e. The van der Waals surface area contributed by atoms with Crippen LogP contribution in [0.5, 0.6) is 0 Å². The second-order valence-corrected chi connectivity index (χ2v) is 6.98. The second-order valence-electron chi connectivity index (χ2n) is 6.98. The minimum absolute atomic E-state index is 0.181. The molecule has 0 amide bonds. The Bertz CT molecular complexity index is 613. The summed E-state index contributed by atoms with van der Waals surface area (Å²) in [7, 11) is 0. The summed E-state index contributed by atoms with van der Waals surface area (Å²) in [5.74, 6) is -10.6. The maximum atomic E-state index is 9.77. The molecule has 0 radical (unpaired) electrons. The number of carboxylic acid groups (broad SMARTS) is 6. The van der Waals surface area contributed by atoms with Crippen LogP contribution in [0.25, 0.3) is 0 Å². The molecule has 0 rings (SSSR count). The van der Waals surface area contributed by atoms with Gasteiger partial charge in [0, 0.05) is 5.41 Å². The maximum Gasteiger partial charge on any atom is 0.335 e. The van der Waals surface area contributed by atoms with Crippen LogP contribution in [-0.4, -0.2) is 169 Å². The fourth-order valence-corrected chi connectivity index (χ4v) is 0.960. The van der Waals surface area contributed by atoms with E-state index in [1.165, 1.54) is 0 Å². The first-order chi connectivity index (χ1) is 17.1. The molecule has 6 atom stereocenters. The van der Waals surface area contributed by atoms with E-state index in [1.54, 1.807) is 6.92 Å². The molecule has 0 saturated heterocycles. The molecule has 0 saturated carbocycles. The van der Waals surface area contributed by atoms with Gasteiger partial charge >= 0.3 is 35.8 Å². The van der Waals surface area contributed by atoms with Gasteiger partial charge in [0.15, 0.2) is 36.6 Å². The van der Waals surface area contributed by atoms with Crippen molar-refractivity contribution < 1.29 is 105 Å². The lowest BCUT2D eigenvalue weighted by atomic mass is 9.95. The zero-order valence-corrected chi connectivity index (χ0v) is 19.2. The van der Waals surface area contributed by atoms with E-state index in [2.05, 4.69) is 0 Å². The highest BCUT2D eigenvalue weighted by Crippen LogP contribution is 2.11. The van der Waals surface area contributed by atoms with E-state index in [4.69, 9.17) is 76.6 Å². The monoisotopic (exact) mass is 570 g/mol. The van der Waals surface area contributed by atoms with Crippen LogP contribution in [0.15, 0.2) is 0 Å². The molecule has 21 heteroatoms. The van der Waals surface area contributed by atoms with Gasteiger partial charge in [-0.1, -0.05) is 6.92 Å². The summed E-state index contributed by atoms with van der Waals surface area (Å²) in [6.45, 7) is 1.06. The van der Waals surface area contributed by atoms with Gasteiger partial charge in [0.1, 0.15) is 0 Å². The molecule has 0 bridgehead atoms. The summed E-state index contributed by atoms with van der Waals surface area (Å²) in [6.07, 6.45) is -13.6. The third-order valence-electron chi connectivity index (χ3n) is 3.56. The van der Waals surface area contributed by atoms with Crippen molar-refractivity contribution in [3.63, 3.8) is 0 Å². The first-order valence-corrected chi connectivity index (χ1v) is 9.36. The van der Waals surface area contributed by atoms with Gasteiger partial charge in [0.2, 0.25) is 0 Å². The smallest absolute Gasteiger partial charge is 0.335 e. The number of carboxylic acids is 6. The Morgan fingerprint density at radius 2 is 0.526 bits per heavy atom. The third-order valence-corrected chi connectivity index (χ3v) is 3.56. The first-order valence-electron chi connectivity index (χ1n) is 9.36. The van der Waals surface area contributed by atoms with Crippen LogP contribution in [0.4, 0.5) is 0 Å². The largest absolute Gasteiger partial charge is 0.479 e.